The number of anilines is 1. The van der Waals surface area contributed by atoms with Gasteiger partial charge in [0.25, 0.3) is 5.91 Å². The number of rotatable bonds is 6. The zero-order chi connectivity index (χ0) is 26.0. The van der Waals surface area contributed by atoms with Crippen LogP contribution < -0.4 is 5.32 Å². The highest BCUT2D eigenvalue weighted by Gasteiger charge is 2.56. The van der Waals surface area contributed by atoms with Crippen molar-refractivity contribution in [1.82, 2.24) is 19.7 Å². The summed E-state index contributed by atoms with van der Waals surface area (Å²) in [5.41, 5.74) is -1.70. The second-order valence-electron chi connectivity index (χ2n) is 10.2. The molecule has 3 fully saturated rings. The van der Waals surface area contributed by atoms with Gasteiger partial charge in [-0.25, -0.2) is 14.0 Å². The van der Waals surface area contributed by atoms with Gasteiger partial charge in [-0.15, -0.1) is 0 Å². The molecule has 2 atom stereocenters. The van der Waals surface area contributed by atoms with Gasteiger partial charge in [0.05, 0.1) is 15.4 Å². The molecule has 2 amide bonds. The van der Waals surface area contributed by atoms with Gasteiger partial charge >= 0.3 is 6.18 Å². The zero-order valence-corrected chi connectivity index (χ0v) is 20.7. The van der Waals surface area contributed by atoms with Crippen LogP contribution in [0.1, 0.15) is 60.3 Å². The number of pyridine rings is 1. The van der Waals surface area contributed by atoms with Crippen LogP contribution in [0.15, 0.2) is 23.4 Å². The summed E-state index contributed by atoms with van der Waals surface area (Å²) < 4.78 is 63.8. The van der Waals surface area contributed by atoms with Crippen LogP contribution in [0.5, 0.6) is 0 Å². The van der Waals surface area contributed by atoms with E-state index in [0.29, 0.717) is 25.9 Å². The van der Waals surface area contributed by atoms with Crippen molar-refractivity contribution in [3.05, 3.63) is 35.3 Å². The summed E-state index contributed by atoms with van der Waals surface area (Å²) in [4.78, 5) is 30.6. The second kappa shape index (κ2) is 8.29. The molecule has 2 aromatic rings. The predicted molar refractivity (Wildman–Crippen MR) is 124 cm³/mol. The normalized spacial score (nSPS) is 22.5. The molecular formula is C23H27F3N6O3S. The van der Waals surface area contributed by atoms with Gasteiger partial charge in [0.15, 0.2) is 0 Å². The molecule has 36 heavy (non-hydrogen) atoms. The van der Waals surface area contributed by atoms with Crippen molar-refractivity contribution in [2.45, 2.75) is 56.3 Å². The number of hydrogen-bond donors (Lipinski definition) is 2. The van der Waals surface area contributed by atoms with Gasteiger partial charge in [0.1, 0.15) is 16.3 Å². The van der Waals surface area contributed by atoms with Crippen LogP contribution in [0.2, 0.25) is 0 Å². The topological polar surface area (TPSA) is 121 Å². The Bertz CT molecular complexity index is 1340. The molecule has 13 heteroatoms. The number of aromatic nitrogens is 3. The Morgan fingerprint density at radius 1 is 1.28 bits per heavy atom. The summed E-state index contributed by atoms with van der Waals surface area (Å²) in [6.45, 7) is 2.79. The number of alkyl halides is 3. The van der Waals surface area contributed by atoms with Crippen LogP contribution in [0.25, 0.3) is 0 Å². The number of hydrogen-bond acceptors (Lipinski definition) is 6. The lowest BCUT2D eigenvalue weighted by atomic mass is 9.55. The highest BCUT2D eigenvalue weighted by Crippen LogP contribution is 2.54. The van der Waals surface area contributed by atoms with E-state index in [2.05, 4.69) is 15.4 Å². The molecule has 1 saturated heterocycles. The maximum absolute atomic E-state index is 14.3. The number of likely N-dealkylation sites (tertiary alicyclic amines) is 1. The molecule has 5 rings (SSSR count). The summed E-state index contributed by atoms with van der Waals surface area (Å²) in [5.74, 6) is -1.32. The number of amides is 2. The van der Waals surface area contributed by atoms with Gasteiger partial charge in [0, 0.05) is 56.0 Å². The number of nitrogens with one attached hydrogen (secondary N) is 2. The average Bonchev–Trinajstić information content (AvgIpc) is 3.49. The fourth-order valence-corrected chi connectivity index (χ4v) is 5.87. The molecule has 1 unspecified atom stereocenters. The molecule has 2 aromatic heterocycles. The van der Waals surface area contributed by atoms with Crippen LogP contribution in [0.4, 0.5) is 18.9 Å². The van der Waals surface area contributed by atoms with E-state index in [-0.39, 0.29) is 46.1 Å². The fourth-order valence-electron chi connectivity index (χ4n) is 5.26. The molecule has 2 aliphatic carbocycles. The van der Waals surface area contributed by atoms with Gasteiger partial charge in [-0.05, 0) is 43.7 Å². The number of carbonyl (C=O) groups is 2. The smallest absolute Gasteiger partial charge is 0.342 e. The van der Waals surface area contributed by atoms with Crippen LogP contribution in [-0.2, 0) is 27.2 Å². The average molecular weight is 525 g/mol. The Morgan fingerprint density at radius 2 is 1.97 bits per heavy atom. The fraction of sp³-hybridized carbons (Fsp3) is 0.565. The lowest BCUT2D eigenvalue weighted by Crippen LogP contribution is -2.66. The second-order valence-corrected chi connectivity index (χ2v) is 12.3. The van der Waals surface area contributed by atoms with Gasteiger partial charge in [-0.2, -0.15) is 18.3 Å². The zero-order valence-electron chi connectivity index (χ0n) is 19.9. The van der Waals surface area contributed by atoms with Crippen molar-refractivity contribution >= 4 is 27.2 Å². The van der Waals surface area contributed by atoms with Crippen LogP contribution in [0, 0.1) is 16.1 Å². The summed E-state index contributed by atoms with van der Waals surface area (Å²) in [6.07, 6.45) is 0.486. The van der Waals surface area contributed by atoms with E-state index in [1.165, 1.54) is 36.2 Å². The van der Waals surface area contributed by atoms with E-state index in [1.807, 2.05) is 0 Å². The Kier molecular flexibility index (Phi) is 5.69. The number of halogens is 3. The highest BCUT2D eigenvalue weighted by molar-refractivity contribution is 7.91. The number of carbonyl (C=O) groups excluding carboxylic acids is 2. The molecule has 9 nitrogen and oxygen atoms in total. The van der Waals surface area contributed by atoms with E-state index in [9.17, 15) is 27.0 Å². The molecule has 0 aromatic carbocycles. The van der Waals surface area contributed by atoms with Crippen molar-refractivity contribution in [3.8, 4) is 0 Å². The van der Waals surface area contributed by atoms with Crippen molar-refractivity contribution in [1.29, 1.82) is 4.78 Å². The Balaban J connectivity index is 1.49. The first-order valence-electron chi connectivity index (χ1n) is 11.7. The largest absolute Gasteiger partial charge is 0.420 e. The van der Waals surface area contributed by atoms with Gasteiger partial charge in [0.2, 0.25) is 5.91 Å². The monoisotopic (exact) mass is 524 g/mol. The Morgan fingerprint density at radius 3 is 2.50 bits per heavy atom. The predicted octanol–water partition coefficient (Wildman–Crippen LogP) is 3.72. The minimum Gasteiger partial charge on any atom is -0.342 e. The van der Waals surface area contributed by atoms with Crippen LogP contribution in [-0.4, -0.2) is 55.0 Å². The maximum atomic E-state index is 14.3. The maximum Gasteiger partial charge on any atom is 0.420 e. The molecule has 1 aliphatic heterocycles. The lowest BCUT2D eigenvalue weighted by Gasteiger charge is -2.60. The molecule has 3 aliphatic rings. The minimum absolute atomic E-state index is 0.00769. The molecule has 0 radical (unpaired) electrons. The van der Waals surface area contributed by atoms with E-state index in [0.717, 1.165) is 12.8 Å². The van der Waals surface area contributed by atoms with E-state index < -0.39 is 33.1 Å². The van der Waals surface area contributed by atoms with E-state index >= 15 is 0 Å². The first kappa shape index (κ1) is 24.7. The van der Waals surface area contributed by atoms with Crippen molar-refractivity contribution in [3.63, 3.8) is 0 Å². The summed E-state index contributed by atoms with van der Waals surface area (Å²) in [5, 5.41) is 6.72. The quantitative estimate of drug-likeness (QED) is 0.597. The first-order valence-corrected chi connectivity index (χ1v) is 13.7. The summed E-state index contributed by atoms with van der Waals surface area (Å²) >= 11 is 0. The molecule has 3 heterocycles. The third-order valence-electron chi connectivity index (χ3n) is 7.54. The van der Waals surface area contributed by atoms with Crippen molar-refractivity contribution < 1.29 is 27.0 Å². The van der Waals surface area contributed by atoms with Gasteiger partial charge in [-0.1, -0.05) is 0 Å². The van der Waals surface area contributed by atoms with E-state index in [1.54, 1.807) is 4.90 Å². The van der Waals surface area contributed by atoms with E-state index in [4.69, 9.17) is 4.78 Å². The van der Waals surface area contributed by atoms with Gasteiger partial charge in [-0.3, -0.25) is 14.3 Å². The highest BCUT2D eigenvalue weighted by atomic mass is 32.2. The van der Waals surface area contributed by atoms with Crippen molar-refractivity contribution in [2.24, 2.45) is 11.3 Å². The third-order valence-corrected chi connectivity index (χ3v) is 8.56. The Labute approximate surface area is 206 Å². The first-order chi connectivity index (χ1) is 16.8. The standard InChI is InChI=1S/C23H27F3N6O3S/c1-13(33)31-11-22(12-31)7-5-15(22)10-32-20(18(23(24,25)26)19(30-32)14-3-4-14)21(34)29-16-6-8-28-17(9-16)36(2,27)35/h6,8-9,14-15,27H,3-5,7,10-12H2,1-2H3,(H,28,29,34)/t15?,36-/m1/s1. The van der Waals surface area contributed by atoms with Crippen LogP contribution >= 0.6 is 0 Å². The van der Waals surface area contributed by atoms with Crippen molar-refractivity contribution in [2.75, 3.05) is 24.7 Å². The molecule has 2 saturated carbocycles. The number of nitrogens with zero attached hydrogens (tertiary/aromatic N) is 4. The SMILES string of the molecule is CC(=O)N1CC2(CCC2Cn2nc(C3CC3)c(C(F)(F)F)c2C(=O)Nc2ccnc([S@](C)(=N)=O)c2)C1. The molecule has 1 spiro atoms. The third kappa shape index (κ3) is 4.37. The van der Waals surface area contributed by atoms with Crippen LogP contribution in [0.3, 0.4) is 0 Å². The molecule has 194 valence electrons. The molecule has 2 N–H and O–H groups in total. The lowest BCUT2D eigenvalue weighted by molar-refractivity contribution is -0.159. The van der Waals surface area contributed by atoms with Gasteiger partial charge < -0.3 is 10.2 Å². The molecular weight excluding hydrogens is 497 g/mol. The summed E-state index contributed by atoms with van der Waals surface area (Å²) in [7, 11) is -3.18. The Hall–Kier alpha value is -2.96. The summed E-state index contributed by atoms with van der Waals surface area (Å²) in [6, 6.07) is 2.60. The minimum atomic E-state index is -4.77. The molecule has 0 bridgehead atoms.